The molecule has 0 aromatic heterocycles. The number of unbranched alkanes of at least 4 members (excludes halogenated alkanes) is 2. The Bertz CT molecular complexity index is 674. The molecule has 0 aliphatic heterocycles. The molecule has 2 aromatic rings. The maximum atomic E-state index is 10.7. The number of rotatable bonds is 11. The van der Waals surface area contributed by atoms with E-state index in [0.29, 0.717) is 0 Å². The maximum absolute atomic E-state index is 10.7. The van der Waals surface area contributed by atoms with Gasteiger partial charge in [0.05, 0.1) is 11.8 Å². The summed E-state index contributed by atoms with van der Waals surface area (Å²) < 4.78 is 6.47. The van der Waals surface area contributed by atoms with E-state index in [4.69, 9.17) is 4.74 Å². The van der Waals surface area contributed by atoms with Crippen LogP contribution in [0.5, 0.6) is 0 Å². The van der Waals surface area contributed by atoms with E-state index in [-0.39, 0.29) is 11.8 Å². The van der Waals surface area contributed by atoms with E-state index in [0.717, 1.165) is 24.8 Å². The quantitative estimate of drug-likeness (QED) is 0.267. The zero-order valence-corrected chi connectivity index (χ0v) is 18.0. The summed E-state index contributed by atoms with van der Waals surface area (Å²) in [4.78, 5) is 10.7. The smallest absolute Gasteiger partial charge is 0.210 e. The van der Waals surface area contributed by atoms with Crippen LogP contribution in [0, 0.1) is 0 Å². The highest BCUT2D eigenvalue weighted by atomic mass is 28.4. The van der Waals surface area contributed by atoms with Gasteiger partial charge < -0.3 is 9.53 Å². The fourth-order valence-corrected chi connectivity index (χ4v) is 4.72. The first-order valence-electron chi connectivity index (χ1n) is 10.1. The van der Waals surface area contributed by atoms with Gasteiger partial charge in [0, 0.05) is 0 Å². The van der Waals surface area contributed by atoms with Crippen molar-refractivity contribution in [2.75, 3.05) is 0 Å². The Labute approximate surface area is 166 Å². The van der Waals surface area contributed by atoms with Crippen molar-refractivity contribution in [3.63, 3.8) is 0 Å². The highest BCUT2D eigenvalue weighted by Gasteiger charge is 2.33. The standard InChI is InChI=1S/C24H34O2Si/c1-5-7-9-15-24(27(3,4)25)26-23(12-6-2)22-18-16-21(17-19-22)20-13-10-8-11-14-20/h6,8,10-11,13-14,16-19,23-25H,2,5,7,9,12,15H2,1,3-4H3/t23-,24+/m1/s1. The van der Waals surface area contributed by atoms with Crippen LogP contribution in [0.2, 0.25) is 13.1 Å². The van der Waals surface area contributed by atoms with E-state index in [1.165, 1.54) is 24.0 Å². The van der Waals surface area contributed by atoms with Crippen molar-refractivity contribution < 1.29 is 9.53 Å². The van der Waals surface area contributed by atoms with Crippen LogP contribution in [-0.4, -0.2) is 18.8 Å². The molecule has 0 heterocycles. The van der Waals surface area contributed by atoms with Gasteiger partial charge in [0.2, 0.25) is 8.32 Å². The van der Waals surface area contributed by atoms with Crippen LogP contribution < -0.4 is 0 Å². The van der Waals surface area contributed by atoms with Gasteiger partial charge in [-0.1, -0.05) is 86.9 Å². The van der Waals surface area contributed by atoms with Gasteiger partial charge in [0.1, 0.15) is 0 Å². The molecular weight excluding hydrogens is 348 g/mol. The third-order valence-electron chi connectivity index (χ3n) is 4.96. The fraction of sp³-hybridized carbons (Fsp3) is 0.417. The van der Waals surface area contributed by atoms with Crippen LogP contribution in [0.4, 0.5) is 0 Å². The van der Waals surface area contributed by atoms with Gasteiger partial charge >= 0.3 is 0 Å². The summed E-state index contributed by atoms with van der Waals surface area (Å²) in [6.07, 6.45) is 6.99. The minimum Gasteiger partial charge on any atom is -0.430 e. The molecule has 2 rings (SSSR count). The molecule has 0 radical (unpaired) electrons. The number of hydrogen-bond donors (Lipinski definition) is 1. The second-order valence-corrected chi connectivity index (χ2v) is 11.7. The molecule has 0 fully saturated rings. The molecule has 1 N–H and O–H groups in total. The second kappa shape index (κ2) is 10.6. The van der Waals surface area contributed by atoms with Crippen molar-refractivity contribution in [1.29, 1.82) is 0 Å². The van der Waals surface area contributed by atoms with E-state index in [2.05, 4.69) is 62.0 Å². The van der Waals surface area contributed by atoms with Crippen LogP contribution in [0.15, 0.2) is 67.3 Å². The number of ether oxygens (including phenoxy) is 1. The van der Waals surface area contributed by atoms with Crippen LogP contribution in [0.25, 0.3) is 11.1 Å². The molecule has 0 aliphatic carbocycles. The summed E-state index contributed by atoms with van der Waals surface area (Å²) in [5, 5.41) is 0. The molecule has 3 heteroatoms. The Kier molecular flexibility index (Phi) is 8.49. The van der Waals surface area contributed by atoms with E-state index in [1.54, 1.807) is 0 Å². The fourth-order valence-electron chi connectivity index (χ4n) is 3.31. The molecule has 0 amide bonds. The largest absolute Gasteiger partial charge is 0.430 e. The van der Waals surface area contributed by atoms with E-state index in [1.807, 2.05) is 25.2 Å². The Hall–Kier alpha value is -1.68. The number of benzene rings is 2. The van der Waals surface area contributed by atoms with E-state index in [9.17, 15) is 4.80 Å². The summed E-state index contributed by atoms with van der Waals surface area (Å²) in [6, 6.07) is 19.0. The Morgan fingerprint density at radius 3 is 2.19 bits per heavy atom. The van der Waals surface area contributed by atoms with Gasteiger partial charge in [-0.3, -0.25) is 0 Å². The Balaban J connectivity index is 2.16. The molecule has 27 heavy (non-hydrogen) atoms. The molecule has 0 unspecified atom stereocenters. The number of hydrogen-bond acceptors (Lipinski definition) is 2. The van der Waals surface area contributed by atoms with Crippen molar-refractivity contribution in [1.82, 2.24) is 0 Å². The van der Waals surface area contributed by atoms with Crippen molar-refractivity contribution in [3.8, 4) is 11.1 Å². The molecule has 0 saturated heterocycles. The predicted octanol–water partition coefficient (Wildman–Crippen LogP) is 6.67. The summed E-state index contributed by atoms with van der Waals surface area (Å²) in [5.41, 5.74) is 3.51. The van der Waals surface area contributed by atoms with Gasteiger partial charge in [0.25, 0.3) is 0 Å². The van der Waals surface area contributed by atoms with Gasteiger partial charge in [-0.2, -0.15) is 0 Å². The van der Waals surface area contributed by atoms with Crippen molar-refractivity contribution in [2.45, 2.75) is 64.0 Å². The lowest BCUT2D eigenvalue weighted by Gasteiger charge is -2.31. The van der Waals surface area contributed by atoms with Crippen molar-refractivity contribution in [3.05, 3.63) is 72.8 Å². The third-order valence-corrected chi connectivity index (χ3v) is 6.96. The van der Waals surface area contributed by atoms with E-state index < -0.39 is 8.32 Å². The first-order valence-corrected chi connectivity index (χ1v) is 13.1. The van der Waals surface area contributed by atoms with E-state index >= 15 is 0 Å². The average Bonchev–Trinajstić information content (AvgIpc) is 2.67. The van der Waals surface area contributed by atoms with Crippen molar-refractivity contribution >= 4 is 8.32 Å². The van der Waals surface area contributed by atoms with Gasteiger partial charge in [-0.05, 0) is 42.6 Å². The third kappa shape index (κ3) is 6.76. The molecule has 0 bridgehead atoms. The topological polar surface area (TPSA) is 29.5 Å². The Morgan fingerprint density at radius 2 is 1.63 bits per heavy atom. The van der Waals surface area contributed by atoms with Crippen LogP contribution >= 0.6 is 0 Å². The van der Waals surface area contributed by atoms with Gasteiger partial charge in [-0.25, -0.2) is 0 Å². The molecule has 2 aromatic carbocycles. The minimum atomic E-state index is -2.38. The normalized spacial score (nSPS) is 13.9. The Morgan fingerprint density at radius 1 is 1.00 bits per heavy atom. The lowest BCUT2D eigenvalue weighted by molar-refractivity contribution is 0.0135. The lowest BCUT2D eigenvalue weighted by Crippen LogP contribution is -2.44. The lowest BCUT2D eigenvalue weighted by atomic mass is 10.0. The summed E-state index contributed by atoms with van der Waals surface area (Å²) >= 11 is 0. The summed E-state index contributed by atoms with van der Waals surface area (Å²) in [7, 11) is -2.38. The maximum Gasteiger partial charge on any atom is 0.210 e. The van der Waals surface area contributed by atoms with Gasteiger partial charge in [0.15, 0.2) is 0 Å². The zero-order valence-electron chi connectivity index (χ0n) is 17.0. The SMILES string of the molecule is C=CC[C@@H](O[C@H](CCCCC)[Si](C)(C)O)c1ccc(-c2ccccc2)cc1. The average molecular weight is 383 g/mol. The molecular formula is C24H34O2Si. The predicted molar refractivity (Wildman–Crippen MR) is 118 cm³/mol. The molecule has 0 aliphatic rings. The summed E-state index contributed by atoms with van der Waals surface area (Å²) in [6.45, 7) is 10.1. The molecule has 0 spiro atoms. The van der Waals surface area contributed by atoms with Crippen molar-refractivity contribution in [2.24, 2.45) is 0 Å². The van der Waals surface area contributed by atoms with Crippen LogP contribution in [0.1, 0.15) is 50.7 Å². The zero-order chi connectivity index (χ0) is 19.7. The monoisotopic (exact) mass is 382 g/mol. The second-order valence-electron chi connectivity index (χ2n) is 7.78. The summed E-state index contributed by atoms with van der Waals surface area (Å²) in [5.74, 6) is 0. The van der Waals surface area contributed by atoms with Gasteiger partial charge in [-0.15, -0.1) is 6.58 Å². The minimum absolute atomic E-state index is 0.0530. The first-order chi connectivity index (χ1) is 13.0. The highest BCUT2D eigenvalue weighted by Crippen LogP contribution is 2.30. The van der Waals surface area contributed by atoms with Crippen LogP contribution in [-0.2, 0) is 4.74 Å². The molecule has 0 saturated carbocycles. The first kappa shape index (κ1) is 21.6. The molecule has 146 valence electrons. The molecule has 2 nitrogen and oxygen atoms in total. The van der Waals surface area contributed by atoms with Crippen LogP contribution in [0.3, 0.4) is 0 Å². The highest BCUT2D eigenvalue weighted by molar-refractivity contribution is 6.71. The molecule has 2 atom stereocenters.